The zero-order chi connectivity index (χ0) is 47.1. The van der Waals surface area contributed by atoms with Gasteiger partial charge in [0.2, 0.25) is 0 Å². The summed E-state index contributed by atoms with van der Waals surface area (Å²) in [4.78, 5) is 2.46. The van der Waals surface area contributed by atoms with Gasteiger partial charge in [0.25, 0.3) is 0 Å². The molecule has 0 saturated carbocycles. The van der Waals surface area contributed by atoms with Gasteiger partial charge in [-0.25, -0.2) is 0 Å². The van der Waals surface area contributed by atoms with E-state index in [2.05, 4.69) is 297 Å². The molecule has 0 heterocycles. The summed E-state index contributed by atoms with van der Waals surface area (Å²) in [5, 5.41) is 0. The fraction of sp³-hybridized carbons (Fsp3) is 0.0435. The molecular weight excluding hydrogens is 843 g/mol. The maximum absolute atomic E-state index is 4.44. The molecule has 0 fully saturated rings. The SMILES string of the molecule is C=CC1=C(/C=C\C)C(c2ccccc2)(c2ccccc2)c2cc(N(c3ccc(-c4cccc(-c5ccccc5)c4)cc3)c3ccc4c(c3)-c3ccccc3C4(c3ccccc3)c3ccccc3)ccc21. The Morgan fingerprint density at radius 1 is 0.343 bits per heavy atom. The van der Waals surface area contributed by atoms with Crippen LogP contribution in [-0.2, 0) is 10.8 Å². The van der Waals surface area contributed by atoms with E-state index in [0.29, 0.717) is 0 Å². The number of anilines is 3. The largest absolute Gasteiger partial charge is 0.310 e. The summed E-state index contributed by atoms with van der Waals surface area (Å²) in [5.74, 6) is 0. The van der Waals surface area contributed by atoms with E-state index in [1.165, 1.54) is 77.9 Å². The third-order valence-corrected chi connectivity index (χ3v) is 14.7. The monoisotopic (exact) mass is 893 g/mol. The van der Waals surface area contributed by atoms with Crippen LogP contribution in [0.3, 0.4) is 0 Å². The zero-order valence-corrected chi connectivity index (χ0v) is 39.2. The van der Waals surface area contributed by atoms with Gasteiger partial charge in [-0.3, -0.25) is 0 Å². The Balaban J connectivity index is 1.09. The van der Waals surface area contributed by atoms with Crippen molar-refractivity contribution in [2.45, 2.75) is 17.8 Å². The van der Waals surface area contributed by atoms with Crippen molar-refractivity contribution >= 4 is 22.6 Å². The molecule has 70 heavy (non-hydrogen) atoms. The van der Waals surface area contributed by atoms with Gasteiger partial charge in [0.05, 0.1) is 10.8 Å². The zero-order valence-electron chi connectivity index (χ0n) is 39.2. The first-order chi connectivity index (χ1) is 34.6. The molecule has 2 aliphatic carbocycles. The molecule has 10 aromatic rings. The molecule has 10 aromatic carbocycles. The van der Waals surface area contributed by atoms with Gasteiger partial charge in [0.1, 0.15) is 0 Å². The fourth-order valence-corrected chi connectivity index (χ4v) is 11.8. The lowest BCUT2D eigenvalue weighted by atomic mass is 9.66. The van der Waals surface area contributed by atoms with E-state index in [1.807, 2.05) is 0 Å². The highest BCUT2D eigenvalue weighted by Crippen LogP contribution is 2.59. The minimum Gasteiger partial charge on any atom is -0.310 e. The van der Waals surface area contributed by atoms with Gasteiger partial charge in [-0.2, -0.15) is 0 Å². The molecule has 0 unspecified atom stereocenters. The van der Waals surface area contributed by atoms with Crippen molar-refractivity contribution < 1.29 is 0 Å². The van der Waals surface area contributed by atoms with E-state index in [-0.39, 0.29) is 0 Å². The Hall–Kier alpha value is -8.78. The molecule has 0 N–H and O–H groups in total. The molecular formula is C69H51N. The summed E-state index contributed by atoms with van der Waals surface area (Å²) in [7, 11) is 0. The number of fused-ring (bicyclic) bond motifs is 4. The van der Waals surface area contributed by atoms with Gasteiger partial charge in [-0.05, 0) is 138 Å². The van der Waals surface area contributed by atoms with Gasteiger partial charge in [-0.15, -0.1) is 0 Å². The summed E-state index contributed by atoms with van der Waals surface area (Å²) in [6.45, 7) is 6.55. The van der Waals surface area contributed by atoms with Gasteiger partial charge in [-0.1, -0.05) is 243 Å². The molecule has 332 valence electrons. The lowest BCUT2D eigenvalue weighted by molar-refractivity contribution is 0.761. The molecule has 1 nitrogen and oxygen atoms in total. The number of hydrogen-bond acceptors (Lipinski definition) is 1. The van der Waals surface area contributed by atoms with Crippen LogP contribution in [0, 0.1) is 0 Å². The lowest BCUT2D eigenvalue weighted by Crippen LogP contribution is -2.29. The van der Waals surface area contributed by atoms with Crippen LogP contribution in [0.2, 0.25) is 0 Å². The van der Waals surface area contributed by atoms with Gasteiger partial charge < -0.3 is 4.90 Å². The minimum absolute atomic E-state index is 0.498. The molecule has 0 aliphatic heterocycles. The highest BCUT2D eigenvalue weighted by molar-refractivity contribution is 5.95. The Morgan fingerprint density at radius 3 is 1.37 bits per heavy atom. The Kier molecular flexibility index (Phi) is 10.8. The van der Waals surface area contributed by atoms with Gasteiger partial charge >= 0.3 is 0 Å². The van der Waals surface area contributed by atoms with E-state index in [1.54, 1.807) is 0 Å². The van der Waals surface area contributed by atoms with E-state index in [9.17, 15) is 0 Å². The van der Waals surface area contributed by atoms with Crippen molar-refractivity contribution in [3.8, 4) is 33.4 Å². The van der Waals surface area contributed by atoms with Crippen molar-refractivity contribution in [3.63, 3.8) is 0 Å². The first kappa shape index (κ1) is 42.6. The van der Waals surface area contributed by atoms with Crippen LogP contribution < -0.4 is 4.90 Å². The van der Waals surface area contributed by atoms with Crippen LogP contribution in [0.4, 0.5) is 17.1 Å². The van der Waals surface area contributed by atoms with Crippen molar-refractivity contribution in [2.75, 3.05) is 4.90 Å². The molecule has 0 amide bonds. The summed E-state index contributed by atoms with van der Waals surface area (Å²) < 4.78 is 0. The second-order valence-corrected chi connectivity index (χ2v) is 18.3. The fourth-order valence-electron chi connectivity index (χ4n) is 11.8. The number of allylic oxidation sites excluding steroid dienone is 5. The van der Waals surface area contributed by atoms with Crippen molar-refractivity contribution in [2.24, 2.45) is 0 Å². The number of benzene rings is 10. The van der Waals surface area contributed by atoms with E-state index in [4.69, 9.17) is 0 Å². The van der Waals surface area contributed by atoms with Crippen LogP contribution in [0.5, 0.6) is 0 Å². The van der Waals surface area contributed by atoms with E-state index in [0.717, 1.165) is 28.2 Å². The summed E-state index contributed by atoms with van der Waals surface area (Å²) >= 11 is 0. The molecule has 0 radical (unpaired) electrons. The highest BCUT2D eigenvalue weighted by atomic mass is 15.1. The van der Waals surface area contributed by atoms with Crippen LogP contribution in [0.1, 0.15) is 51.4 Å². The Morgan fingerprint density at radius 2 is 0.800 bits per heavy atom. The van der Waals surface area contributed by atoms with E-state index < -0.39 is 10.8 Å². The molecule has 2 aliphatic rings. The predicted molar refractivity (Wildman–Crippen MR) is 294 cm³/mol. The number of hydrogen-bond donors (Lipinski definition) is 0. The second-order valence-electron chi connectivity index (χ2n) is 18.3. The summed E-state index contributed by atoms with van der Waals surface area (Å²) in [6, 6.07) is 96.0. The van der Waals surface area contributed by atoms with Crippen molar-refractivity contribution in [3.05, 3.63) is 336 Å². The van der Waals surface area contributed by atoms with Crippen molar-refractivity contribution in [1.29, 1.82) is 0 Å². The summed E-state index contributed by atoms with van der Waals surface area (Å²) in [6.07, 6.45) is 6.51. The molecule has 0 saturated heterocycles. The average molecular weight is 894 g/mol. The minimum atomic E-state index is -0.606. The third kappa shape index (κ3) is 6.69. The van der Waals surface area contributed by atoms with Crippen LogP contribution in [0.15, 0.2) is 291 Å². The maximum atomic E-state index is 4.44. The second kappa shape index (κ2) is 17.7. The standard InChI is InChI=1S/C69H51N/c1-3-23-64-60(4-2)62-44-42-59(48-67(62)69(64,55-32-16-8-17-33-55)56-34-18-9-19-35-56)70(57-40-38-50(39-41-57)52-27-22-26-51(46-52)49-24-10-5-11-25-49)58-43-45-66-63(47-58)61-36-20-21-37-65(61)68(66,53-28-12-6-13-29-53)54-30-14-7-15-31-54/h3-48H,2H2,1H3/b23-3-. The van der Waals surface area contributed by atoms with Gasteiger partial charge in [0.15, 0.2) is 0 Å². The predicted octanol–water partition coefficient (Wildman–Crippen LogP) is 17.7. The lowest BCUT2D eigenvalue weighted by Gasteiger charge is -2.36. The topological polar surface area (TPSA) is 3.24 Å². The Labute approximate surface area is 412 Å². The molecule has 0 bridgehead atoms. The molecule has 0 aromatic heterocycles. The first-order valence-electron chi connectivity index (χ1n) is 24.3. The third-order valence-electron chi connectivity index (χ3n) is 14.7. The van der Waals surface area contributed by atoms with Crippen LogP contribution in [-0.4, -0.2) is 0 Å². The highest BCUT2D eigenvalue weighted by Gasteiger charge is 2.48. The first-order valence-corrected chi connectivity index (χ1v) is 24.3. The average Bonchev–Trinajstić information content (AvgIpc) is 3.89. The molecule has 1 heteroatoms. The smallest absolute Gasteiger partial charge is 0.0714 e. The van der Waals surface area contributed by atoms with Crippen LogP contribution in [0.25, 0.3) is 39.0 Å². The quantitative estimate of drug-likeness (QED) is 0.125. The molecule has 0 atom stereocenters. The van der Waals surface area contributed by atoms with E-state index >= 15 is 0 Å². The number of nitrogens with zero attached hydrogens (tertiary/aromatic N) is 1. The maximum Gasteiger partial charge on any atom is 0.0714 e. The number of rotatable bonds is 11. The van der Waals surface area contributed by atoms with Crippen LogP contribution >= 0.6 is 0 Å². The summed E-state index contributed by atoms with van der Waals surface area (Å²) in [5.41, 5.74) is 21.6. The van der Waals surface area contributed by atoms with Crippen molar-refractivity contribution in [1.82, 2.24) is 0 Å². The molecule has 0 spiro atoms. The normalized spacial score (nSPS) is 14.0. The molecule has 12 rings (SSSR count). The Bertz CT molecular complexity index is 3510. The van der Waals surface area contributed by atoms with Gasteiger partial charge in [0, 0.05) is 17.1 Å².